The summed E-state index contributed by atoms with van der Waals surface area (Å²) in [5, 5.41) is 2.52. The van der Waals surface area contributed by atoms with Crippen LogP contribution >= 0.6 is 24.4 Å². The molecule has 3 rings (SSSR count). The number of ether oxygens (including phenoxy) is 1. The minimum atomic E-state index is -0.589. The Morgan fingerprint density at radius 2 is 2.35 bits per heavy atom. The molecule has 0 bridgehead atoms. The van der Waals surface area contributed by atoms with Crippen LogP contribution in [0.5, 0.6) is 0 Å². The van der Waals surface area contributed by atoms with E-state index in [0.717, 1.165) is 0 Å². The van der Waals surface area contributed by atoms with E-state index in [-0.39, 0.29) is 6.61 Å². The molecule has 0 radical (unpaired) electrons. The molecule has 0 saturated carbocycles. The van der Waals surface area contributed by atoms with Crippen molar-refractivity contribution in [3.05, 3.63) is 15.6 Å². The molecule has 0 aliphatic heterocycles. The summed E-state index contributed by atoms with van der Waals surface area (Å²) >= 11 is 10.4. The van der Waals surface area contributed by atoms with Gasteiger partial charge in [0.15, 0.2) is 10.4 Å². The third kappa shape index (κ3) is 1.72. The smallest absolute Gasteiger partial charge is 0.412 e. The molecule has 0 aliphatic rings. The number of anilines is 1. The van der Waals surface area contributed by atoms with Crippen molar-refractivity contribution in [2.45, 2.75) is 6.92 Å². The van der Waals surface area contributed by atoms with Crippen molar-refractivity contribution >= 4 is 53.0 Å². The Labute approximate surface area is 122 Å². The quantitative estimate of drug-likeness (QED) is 0.493. The summed E-state index contributed by atoms with van der Waals surface area (Å²) in [5.41, 5.74) is 1.80. The predicted octanol–water partition coefficient (Wildman–Crippen LogP) is 1.80. The highest BCUT2D eigenvalue weighted by Gasteiger charge is 2.16. The molecule has 3 aromatic rings. The van der Waals surface area contributed by atoms with Crippen LogP contribution in [0.25, 0.3) is 16.7 Å². The Bertz CT molecular complexity index is 923. The summed E-state index contributed by atoms with van der Waals surface area (Å²) in [6, 6.07) is 1.61. The Morgan fingerprint density at radius 3 is 3.05 bits per heavy atom. The van der Waals surface area contributed by atoms with Crippen molar-refractivity contribution < 1.29 is 9.53 Å². The molecule has 1 amide bonds. The van der Waals surface area contributed by atoms with Gasteiger partial charge in [-0.2, -0.15) is 0 Å². The number of nitrogens with one attached hydrogen (secondary N) is 2. The zero-order valence-electron chi connectivity index (χ0n) is 10.3. The fourth-order valence-electron chi connectivity index (χ4n) is 2.00. The highest BCUT2D eigenvalue weighted by atomic mass is 32.1. The number of pyridine rings is 1. The van der Waals surface area contributed by atoms with Crippen LogP contribution in [0.3, 0.4) is 0 Å². The highest BCUT2D eigenvalue weighted by Crippen LogP contribution is 2.23. The Kier molecular flexibility index (Phi) is 2.83. The van der Waals surface area contributed by atoms with Crippen LogP contribution in [-0.4, -0.2) is 31.7 Å². The van der Waals surface area contributed by atoms with Crippen molar-refractivity contribution in [2.75, 3.05) is 17.8 Å². The third-order valence-electron chi connectivity index (χ3n) is 2.79. The molecule has 0 atom stereocenters. The molecule has 10 heteroatoms. The number of nitrogens with two attached hydrogens (primary N) is 1. The SMILES string of the molecule is CCOC(=O)Nc1cc2c3c(n1)[nH]c(=S)n3c(=S)n2N. The molecule has 0 fully saturated rings. The highest BCUT2D eigenvalue weighted by molar-refractivity contribution is 7.72. The Morgan fingerprint density at radius 1 is 1.60 bits per heavy atom. The zero-order chi connectivity index (χ0) is 14.4. The number of amides is 1. The average Bonchev–Trinajstić information content (AvgIpc) is 2.83. The van der Waals surface area contributed by atoms with Gasteiger partial charge >= 0.3 is 6.09 Å². The second-order valence-corrected chi connectivity index (χ2v) is 4.74. The van der Waals surface area contributed by atoms with Gasteiger partial charge in [0.2, 0.25) is 4.77 Å². The van der Waals surface area contributed by atoms with E-state index in [1.807, 2.05) is 0 Å². The summed E-state index contributed by atoms with van der Waals surface area (Å²) in [7, 11) is 0. The molecule has 104 valence electrons. The van der Waals surface area contributed by atoms with E-state index in [9.17, 15) is 4.79 Å². The molecule has 8 nitrogen and oxygen atoms in total. The number of carbonyl (C=O) groups excluding carboxylic acids is 1. The second-order valence-electron chi connectivity index (χ2n) is 3.99. The number of imidazole rings is 2. The molecular formula is C10H10N6O2S2. The van der Waals surface area contributed by atoms with Crippen molar-refractivity contribution in [2.24, 2.45) is 0 Å². The summed E-state index contributed by atoms with van der Waals surface area (Å²) < 4.78 is 8.50. The average molecular weight is 310 g/mol. The minimum absolute atomic E-state index is 0.271. The van der Waals surface area contributed by atoms with Gasteiger partial charge in [0, 0.05) is 6.07 Å². The number of hydrogen-bond acceptors (Lipinski definition) is 6. The van der Waals surface area contributed by atoms with E-state index in [2.05, 4.69) is 15.3 Å². The topological polar surface area (TPSA) is 102 Å². The minimum Gasteiger partial charge on any atom is -0.450 e. The van der Waals surface area contributed by atoms with E-state index >= 15 is 0 Å². The van der Waals surface area contributed by atoms with E-state index < -0.39 is 6.09 Å². The maximum atomic E-state index is 11.4. The van der Waals surface area contributed by atoms with Crippen molar-refractivity contribution in [1.29, 1.82) is 0 Å². The van der Waals surface area contributed by atoms with Crippen LogP contribution in [-0.2, 0) is 4.74 Å². The largest absolute Gasteiger partial charge is 0.450 e. The Hall–Kier alpha value is -2.20. The monoisotopic (exact) mass is 310 g/mol. The van der Waals surface area contributed by atoms with Crippen LogP contribution in [0.4, 0.5) is 10.6 Å². The van der Waals surface area contributed by atoms with Gasteiger partial charge in [0.25, 0.3) is 0 Å². The number of hydrogen-bond donors (Lipinski definition) is 3. The third-order valence-corrected chi connectivity index (χ3v) is 3.45. The van der Waals surface area contributed by atoms with Gasteiger partial charge in [-0.15, -0.1) is 0 Å². The lowest BCUT2D eigenvalue weighted by atomic mass is 10.4. The number of H-pyrrole nitrogens is 1. The second kappa shape index (κ2) is 4.42. The number of nitrogen functional groups attached to an aromatic ring is 1. The number of nitrogens with zero attached hydrogens (tertiary/aromatic N) is 3. The molecule has 0 spiro atoms. The normalized spacial score (nSPS) is 11.2. The van der Waals surface area contributed by atoms with Gasteiger partial charge in [0.05, 0.1) is 12.1 Å². The van der Waals surface area contributed by atoms with Crippen LogP contribution in [0, 0.1) is 9.54 Å². The number of rotatable bonds is 2. The van der Waals surface area contributed by atoms with Gasteiger partial charge < -0.3 is 15.6 Å². The fourth-order valence-corrected chi connectivity index (χ4v) is 2.62. The molecule has 0 saturated heterocycles. The van der Waals surface area contributed by atoms with Gasteiger partial charge in [-0.1, -0.05) is 0 Å². The van der Waals surface area contributed by atoms with E-state index in [1.165, 1.54) is 4.68 Å². The first kappa shape index (κ1) is 12.8. The maximum Gasteiger partial charge on any atom is 0.412 e. The maximum absolute atomic E-state index is 11.4. The van der Waals surface area contributed by atoms with Crippen LogP contribution in [0.15, 0.2) is 6.07 Å². The van der Waals surface area contributed by atoms with E-state index in [4.69, 9.17) is 35.0 Å². The molecule has 20 heavy (non-hydrogen) atoms. The van der Waals surface area contributed by atoms with Crippen LogP contribution in [0.2, 0.25) is 0 Å². The lowest BCUT2D eigenvalue weighted by Crippen LogP contribution is -2.15. The van der Waals surface area contributed by atoms with Crippen molar-refractivity contribution in [3.63, 3.8) is 0 Å². The van der Waals surface area contributed by atoms with Gasteiger partial charge in [-0.25, -0.2) is 14.5 Å². The van der Waals surface area contributed by atoms with Gasteiger partial charge in [-0.3, -0.25) is 9.72 Å². The van der Waals surface area contributed by atoms with Crippen molar-refractivity contribution in [3.8, 4) is 0 Å². The van der Waals surface area contributed by atoms with Gasteiger partial charge in [0.1, 0.15) is 11.3 Å². The number of carbonyl (C=O) groups is 1. The molecule has 4 N–H and O–H groups in total. The summed E-state index contributed by atoms with van der Waals surface area (Å²) in [4.78, 5) is 18.6. The van der Waals surface area contributed by atoms with Crippen molar-refractivity contribution in [1.82, 2.24) is 19.0 Å². The molecule has 0 aromatic carbocycles. The first-order valence-electron chi connectivity index (χ1n) is 5.71. The standard InChI is InChI=1S/C10H10N6O2S2/c1-2-18-9(17)13-5-3-4-6-7(12-5)14-8(19)15(6)10(20)16(4)11/h3H,2,11H2,1H3,(H2,12,13,14,17,19). The first-order chi connectivity index (χ1) is 9.52. The molecule has 3 heterocycles. The molecule has 3 aromatic heterocycles. The summed E-state index contributed by atoms with van der Waals surface area (Å²) in [6.45, 7) is 1.99. The number of aromatic amines is 1. The molecule has 0 aliphatic carbocycles. The molecule has 0 unspecified atom stereocenters. The van der Waals surface area contributed by atoms with Crippen LogP contribution in [0.1, 0.15) is 6.92 Å². The predicted molar refractivity (Wildman–Crippen MR) is 78.7 cm³/mol. The molecular weight excluding hydrogens is 300 g/mol. The Balaban J connectivity index is 2.23. The first-order valence-corrected chi connectivity index (χ1v) is 6.53. The summed E-state index contributed by atoms with van der Waals surface area (Å²) in [6.07, 6.45) is -0.589. The zero-order valence-corrected chi connectivity index (χ0v) is 12.0. The number of aromatic nitrogens is 4. The van der Waals surface area contributed by atoms with Crippen LogP contribution < -0.4 is 11.2 Å². The lowest BCUT2D eigenvalue weighted by molar-refractivity contribution is 0.168. The lowest BCUT2D eigenvalue weighted by Gasteiger charge is -2.04. The fraction of sp³-hybridized carbons (Fsp3) is 0.200. The summed E-state index contributed by atoms with van der Waals surface area (Å²) in [5.74, 6) is 6.20. The van der Waals surface area contributed by atoms with E-state index in [0.29, 0.717) is 32.0 Å². The van der Waals surface area contributed by atoms with Gasteiger partial charge in [-0.05, 0) is 31.4 Å². The van der Waals surface area contributed by atoms with E-state index in [1.54, 1.807) is 17.4 Å².